The summed E-state index contributed by atoms with van der Waals surface area (Å²) < 4.78 is 42.5. The van der Waals surface area contributed by atoms with Gasteiger partial charge < -0.3 is 10.1 Å². The highest BCUT2D eigenvalue weighted by molar-refractivity contribution is 5.82. The van der Waals surface area contributed by atoms with E-state index in [4.69, 9.17) is 0 Å². The van der Waals surface area contributed by atoms with Gasteiger partial charge in [0.2, 0.25) is 0 Å². The van der Waals surface area contributed by atoms with Crippen LogP contribution < -0.4 is 5.32 Å². The maximum atomic E-state index is 12.7. The minimum Gasteiger partial charge on any atom is -0.463 e. The highest BCUT2D eigenvalue weighted by Crippen LogP contribution is 2.23. The molecule has 1 rings (SSSR count). The van der Waals surface area contributed by atoms with Gasteiger partial charge in [-0.1, -0.05) is 30.3 Å². The molecule has 0 heterocycles. The number of benzene rings is 1. The van der Waals surface area contributed by atoms with Crippen LogP contribution in [0.2, 0.25) is 0 Å². The van der Waals surface area contributed by atoms with Gasteiger partial charge in [-0.3, -0.25) is 0 Å². The number of nitrogens with one attached hydrogen (secondary N) is 1. The van der Waals surface area contributed by atoms with Crippen LogP contribution in [0.4, 0.5) is 13.2 Å². The molecule has 1 N–H and O–H groups in total. The van der Waals surface area contributed by atoms with E-state index in [0.29, 0.717) is 11.6 Å². The van der Waals surface area contributed by atoms with Crippen LogP contribution in [0.25, 0.3) is 0 Å². The Hall–Kier alpha value is -1.98. The SMILES string of the molecule is CCOC(=O)C=C(NCc1ccccc1)C(F)(F)F. The Kier molecular flexibility index (Phi) is 5.41. The van der Waals surface area contributed by atoms with Crippen molar-refractivity contribution >= 4 is 5.97 Å². The Morgan fingerprint density at radius 1 is 1.32 bits per heavy atom. The van der Waals surface area contributed by atoms with Crippen molar-refractivity contribution in [3.05, 3.63) is 47.7 Å². The van der Waals surface area contributed by atoms with E-state index in [2.05, 4.69) is 10.1 Å². The molecule has 0 unspecified atom stereocenters. The Balaban J connectivity index is 2.74. The van der Waals surface area contributed by atoms with Crippen LogP contribution >= 0.6 is 0 Å². The van der Waals surface area contributed by atoms with Crippen LogP contribution in [0.5, 0.6) is 0 Å². The van der Waals surface area contributed by atoms with Crippen LogP contribution in [-0.4, -0.2) is 18.8 Å². The van der Waals surface area contributed by atoms with E-state index in [0.717, 1.165) is 0 Å². The van der Waals surface area contributed by atoms with Crippen molar-refractivity contribution in [2.75, 3.05) is 6.61 Å². The summed E-state index contributed by atoms with van der Waals surface area (Å²) in [7, 11) is 0. The first-order chi connectivity index (χ1) is 8.93. The molecule has 0 aliphatic carbocycles. The van der Waals surface area contributed by atoms with Gasteiger partial charge in [-0.05, 0) is 12.5 Å². The number of ether oxygens (including phenoxy) is 1. The van der Waals surface area contributed by atoms with Crippen molar-refractivity contribution in [1.82, 2.24) is 5.32 Å². The number of hydrogen-bond acceptors (Lipinski definition) is 3. The van der Waals surface area contributed by atoms with E-state index in [1.165, 1.54) is 6.92 Å². The quantitative estimate of drug-likeness (QED) is 0.662. The summed E-state index contributed by atoms with van der Waals surface area (Å²) in [5.74, 6) is -1.02. The molecule has 1 aromatic carbocycles. The lowest BCUT2D eigenvalue weighted by Crippen LogP contribution is -2.27. The molecule has 6 heteroatoms. The highest BCUT2D eigenvalue weighted by Gasteiger charge is 2.34. The monoisotopic (exact) mass is 273 g/mol. The summed E-state index contributed by atoms with van der Waals surface area (Å²) in [4.78, 5) is 11.1. The molecule has 0 spiro atoms. The minimum atomic E-state index is -4.62. The molecule has 0 aliphatic rings. The summed E-state index contributed by atoms with van der Waals surface area (Å²) in [6.45, 7) is 1.53. The van der Waals surface area contributed by atoms with Crippen molar-refractivity contribution < 1.29 is 22.7 Å². The van der Waals surface area contributed by atoms with Crippen LogP contribution in [0, 0.1) is 0 Å². The maximum absolute atomic E-state index is 12.7. The van der Waals surface area contributed by atoms with Gasteiger partial charge in [0.05, 0.1) is 12.7 Å². The Bertz CT molecular complexity index is 441. The molecule has 0 fully saturated rings. The summed E-state index contributed by atoms with van der Waals surface area (Å²) in [6, 6.07) is 8.58. The molecule has 0 saturated carbocycles. The Morgan fingerprint density at radius 2 is 1.95 bits per heavy atom. The second-order valence-electron chi connectivity index (χ2n) is 3.65. The normalized spacial score (nSPS) is 12.1. The third-order valence-electron chi connectivity index (χ3n) is 2.18. The fourth-order valence-electron chi connectivity index (χ4n) is 1.33. The summed E-state index contributed by atoms with van der Waals surface area (Å²) >= 11 is 0. The second-order valence-corrected chi connectivity index (χ2v) is 3.65. The lowest BCUT2D eigenvalue weighted by Gasteiger charge is -2.14. The number of allylic oxidation sites excluding steroid dienone is 1. The maximum Gasteiger partial charge on any atom is 0.431 e. The average Bonchev–Trinajstić information content (AvgIpc) is 2.34. The van der Waals surface area contributed by atoms with Crippen molar-refractivity contribution in [2.24, 2.45) is 0 Å². The lowest BCUT2D eigenvalue weighted by molar-refractivity contribution is -0.138. The van der Waals surface area contributed by atoms with Gasteiger partial charge in [0.1, 0.15) is 5.70 Å². The summed E-state index contributed by atoms with van der Waals surface area (Å²) in [5.41, 5.74) is -0.434. The smallest absolute Gasteiger partial charge is 0.431 e. The van der Waals surface area contributed by atoms with Crippen LogP contribution in [-0.2, 0) is 16.1 Å². The number of rotatable bonds is 5. The molecule has 0 atom stereocenters. The first-order valence-corrected chi connectivity index (χ1v) is 5.67. The van der Waals surface area contributed by atoms with E-state index < -0.39 is 17.8 Å². The minimum absolute atomic E-state index is 0.0222. The van der Waals surface area contributed by atoms with Crippen LogP contribution in [0.3, 0.4) is 0 Å². The van der Waals surface area contributed by atoms with E-state index in [-0.39, 0.29) is 13.2 Å². The second kappa shape index (κ2) is 6.82. The van der Waals surface area contributed by atoms with Crippen molar-refractivity contribution in [3.63, 3.8) is 0 Å². The molecule has 0 aromatic heterocycles. The molecule has 0 radical (unpaired) electrons. The standard InChI is InChI=1S/C13H14F3NO2/c1-2-19-12(18)8-11(13(14,15)16)17-9-10-6-4-3-5-7-10/h3-8,17H,2,9H2,1H3. The third kappa shape index (κ3) is 5.46. The lowest BCUT2D eigenvalue weighted by atomic mass is 10.2. The van der Waals surface area contributed by atoms with Crippen molar-refractivity contribution in [3.8, 4) is 0 Å². The van der Waals surface area contributed by atoms with Gasteiger partial charge in [-0.25, -0.2) is 4.79 Å². The molecule has 0 bridgehead atoms. The predicted octanol–water partition coefficient (Wildman–Crippen LogP) is 2.79. The van der Waals surface area contributed by atoms with Crippen molar-refractivity contribution in [2.45, 2.75) is 19.6 Å². The zero-order chi connectivity index (χ0) is 14.3. The molecular formula is C13H14F3NO2. The van der Waals surface area contributed by atoms with Gasteiger partial charge in [-0.2, -0.15) is 13.2 Å². The van der Waals surface area contributed by atoms with Crippen molar-refractivity contribution in [1.29, 1.82) is 0 Å². The number of carbonyl (C=O) groups excluding carboxylic acids is 1. The van der Waals surface area contributed by atoms with Gasteiger partial charge in [0.15, 0.2) is 0 Å². The van der Waals surface area contributed by atoms with E-state index in [1.54, 1.807) is 30.3 Å². The largest absolute Gasteiger partial charge is 0.463 e. The molecule has 19 heavy (non-hydrogen) atoms. The summed E-state index contributed by atoms with van der Waals surface area (Å²) in [6.07, 6.45) is -4.20. The molecule has 3 nitrogen and oxygen atoms in total. The van der Waals surface area contributed by atoms with Crippen LogP contribution in [0.15, 0.2) is 42.1 Å². The van der Waals surface area contributed by atoms with Gasteiger partial charge in [0, 0.05) is 6.54 Å². The molecule has 104 valence electrons. The van der Waals surface area contributed by atoms with Gasteiger partial charge in [-0.15, -0.1) is 0 Å². The Labute approximate surface area is 109 Å². The Morgan fingerprint density at radius 3 is 2.47 bits per heavy atom. The molecular weight excluding hydrogens is 259 g/mol. The number of carbonyl (C=O) groups is 1. The molecule has 0 amide bonds. The zero-order valence-corrected chi connectivity index (χ0v) is 10.3. The highest BCUT2D eigenvalue weighted by atomic mass is 19.4. The molecule has 0 saturated heterocycles. The van der Waals surface area contributed by atoms with E-state index >= 15 is 0 Å². The number of hydrogen-bond donors (Lipinski definition) is 1. The number of halogens is 3. The average molecular weight is 273 g/mol. The molecule has 1 aromatic rings. The fraction of sp³-hybridized carbons (Fsp3) is 0.308. The number of esters is 1. The van der Waals surface area contributed by atoms with Gasteiger partial charge in [0.25, 0.3) is 0 Å². The fourth-order valence-corrected chi connectivity index (χ4v) is 1.33. The number of alkyl halides is 3. The first-order valence-electron chi connectivity index (χ1n) is 5.67. The van der Waals surface area contributed by atoms with Gasteiger partial charge >= 0.3 is 12.1 Å². The van der Waals surface area contributed by atoms with E-state index in [9.17, 15) is 18.0 Å². The first kappa shape index (κ1) is 15.1. The zero-order valence-electron chi connectivity index (χ0n) is 10.3. The predicted molar refractivity (Wildman–Crippen MR) is 64.1 cm³/mol. The van der Waals surface area contributed by atoms with Crippen LogP contribution in [0.1, 0.15) is 12.5 Å². The topological polar surface area (TPSA) is 38.3 Å². The molecule has 0 aliphatic heterocycles. The van der Waals surface area contributed by atoms with E-state index in [1.807, 2.05) is 0 Å². The summed E-state index contributed by atoms with van der Waals surface area (Å²) in [5, 5.41) is 2.20. The third-order valence-corrected chi connectivity index (χ3v) is 2.18.